The predicted octanol–water partition coefficient (Wildman–Crippen LogP) is -0.940. The molecule has 2 saturated heterocycles. The van der Waals surface area contributed by atoms with Crippen LogP contribution in [0.2, 0.25) is 0 Å². The van der Waals surface area contributed by atoms with E-state index in [0.717, 1.165) is 4.90 Å². The van der Waals surface area contributed by atoms with Gasteiger partial charge < -0.3 is 14.9 Å². The van der Waals surface area contributed by atoms with Gasteiger partial charge in [-0.05, 0) is 5.92 Å². The van der Waals surface area contributed by atoms with Crippen LogP contribution < -0.4 is 0 Å². The maximum absolute atomic E-state index is 12.1. The standard InChI is InChI=1S/C12H17N3O5/c1-7-3-14(4-8(7)11(18)19)9(16)6-15-10(17)5-13(2)12(15)20/h7-8H,3-6H2,1-2H3,(H,18,19). The zero-order valence-electron chi connectivity index (χ0n) is 11.4. The Bertz CT molecular complexity index is 478. The lowest BCUT2D eigenvalue weighted by Gasteiger charge is -2.19. The number of urea groups is 1. The van der Waals surface area contributed by atoms with Crippen molar-refractivity contribution in [3.8, 4) is 0 Å². The number of likely N-dealkylation sites (tertiary alicyclic amines) is 1. The number of nitrogens with zero attached hydrogens (tertiary/aromatic N) is 3. The molecule has 1 N–H and O–H groups in total. The zero-order chi connectivity index (χ0) is 15.0. The van der Waals surface area contributed by atoms with Crippen molar-refractivity contribution in [2.45, 2.75) is 6.92 Å². The van der Waals surface area contributed by atoms with Gasteiger partial charge in [0.25, 0.3) is 5.91 Å². The van der Waals surface area contributed by atoms with Crippen LogP contribution >= 0.6 is 0 Å². The Morgan fingerprint density at radius 3 is 2.40 bits per heavy atom. The molecule has 0 aromatic carbocycles. The minimum atomic E-state index is -0.930. The molecule has 2 aliphatic heterocycles. The third-order valence-corrected chi connectivity index (χ3v) is 3.81. The lowest BCUT2D eigenvalue weighted by Crippen LogP contribution is -2.42. The van der Waals surface area contributed by atoms with E-state index in [9.17, 15) is 19.2 Å². The average molecular weight is 283 g/mol. The van der Waals surface area contributed by atoms with Gasteiger partial charge in [-0.2, -0.15) is 0 Å². The average Bonchev–Trinajstić information content (AvgIpc) is 2.85. The topological polar surface area (TPSA) is 98.2 Å². The third kappa shape index (κ3) is 2.45. The first-order chi connectivity index (χ1) is 9.31. The number of hydrogen-bond acceptors (Lipinski definition) is 4. The molecule has 0 bridgehead atoms. The summed E-state index contributed by atoms with van der Waals surface area (Å²) in [7, 11) is 1.49. The first-order valence-corrected chi connectivity index (χ1v) is 6.37. The Hall–Kier alpha value is -2.12. The van der Waals surface area contributed by atoms with Crippen LogP contribution in [0.4, 0.5) is 4.79 Å². The number of carbonyl (C=O) groups is 4. The number of imide groups is 1. The number of hydrogen-bond donors (Lipinski definition) is 1. The van der Waals surface area contributed by atoms with E-state index in [4.69, 9.17) is 5.11 Å². The Kier molecular flexibility index (Phi) is 3.65. The molecule has 2 unspecified atom stereocenters. The molecule has 2 aliphatic rings. The summed E-state index contributed by atoms with van der Waals surface area (Å²) in [5.41, 5.74) is 0. The summed E-state index contributed by atoms with van der Waals surface area (Å²) in [5.74, 6) is -2.46. The smallest absolute Gasteiger partial charge is 0.327 e. The number of carbonyl (C=O) groups excluding carboxylic acids is 3. The summed E-state index contributed by atoms with van der Waals surface area (Å²) in [6.45, 7) is 1.89. The van der Waals surface area contributed by atoms with E-state index in [2.05, 4.69) is 0 Å². The molecule has 0 aromatic heterocycles. The summed E-state index contributed by atoms with van der Waals surface area (Å²) < 4.78 is 0. The molecule has 2 rings (SSSR count). The number of carboxylic acid groups (broad SMARTS) is 1. The van der Waals surface area contributed by atoms with Crippen molar-refractivity contribution in [2.24, 2.45) is 11.8 Å². The van der Waals surface area contributed by atoms with Crippen molar-refractivity contribution >= 4 is 23.8 Å². The normalized spacial score (nSPS) is 26.6. The zero-order valence-corrected chi connectivity index (χ0v) is 11.4. The molecule has 8 heteroatoms. The van der Waals surface area contributed by atoms with Gasteiger partial charge in [-0.1, -0.05) is 6.92 Å². The summed E-state index contributed by atoms with van der Waals surface area (Å²) in [5, 5.41) is 9.02. The largest absolute Gasteiger partial charge is 0.481 e. The fourth-order valence-electron chi connectivity index (χ4n) is 2.55. The molecular weight excluding hydrogens is 266 g/mol. The van der Waals surface area contributed by atoms with Gasteiger partial charge in [0.1, 0.15) is 13.1 Å². The summed E-state index contributed by atoms with van der Waals surface area (Å²) in [4.78, 5) is 49.9. The van der Waals surface area contributed by atoms with E-state index in [-0.39, 0.29) is 25.6 Å². The van der Waals surface area contributed by atoms with Crippen LogP contribution in [0.15, 0.2) is 0 Å². The van der Waals surface area contributed by atoms with Crippen molar-refractivity contribution < 1.29 is 24.3 Å². The fraction of sp³-hybridized carbons (Fsp3) is 0.667. The van der Waals surface area contributed by atoms with Crippen LogP contribution in [-0.2, 0) is 14.4 Å². The van der Waals surface area contributed by atoms with Gasteiger partial charge in [0, 0.05) is 20.1 Å². The molecule has 0 aliphatic carbocycles. The highest BCUT2D eigenvalue weighted by atomic mass is 16.4. The molecule has 20 heavy (non-hydrogen) atoms. The molecule has 2 heterocycles. The minimum absolute atomic E-state index is 0.0275. The highest BCUT2D eigenvalue weighted by Crippen LogP contribution is 2.23. The number of amides is 4. The summed E-state index contributed by atoms with van der Waals surface area (Å²) in [6, 6.07) is -0.495. The Balaban J connectivity index is 1.98. The molecule has 0 spiro atoms. The molecule has 8 nitrogen and oxygen atoms in total. The number of likely N-dealkylation sites (N-methyl/N-ethyl adjacent to an activating group) is 1. The van der Waals surface area contributed by atoms with Crippen molar-refractivity contribution in [1.29, 1.82) is 0 Å². The van der Waals surface area contributed by atoms with Crippen molar-refractivity contribution in [3.63, 3.8) is 0 Å². The van der Waals surface area contributed by atoms with Crippen molar-refractivity contribution in [2.75, 3.05) is 33.2 Å². The summed E-state index contributed by atoms with van der Waals surface area (Å²) in [6.07, 6.45) is 0. The van der Waals surface area contributed by atoms with Gasteiger partial charge in [0.2, 0.25) is 5.91 Å². The van der Waals surface area contributed by atoms with Crippen LogP contribution in [0, 0.1) is 11.8 Å². The monoisotopic (exact) mass is 283 g/mol. The molecule has 110 valence electrons. The lowest BCUT2D eigenvalue weighted by molar-refractivity contribution is -0.142. The van der Waals surface area contributed by atoms with Gasteiger partial charge in [0.05, 0.1) is 5.92 Å². The van der Waals surface area contributed by atoms with E-state index in [1.54, 1.807) is 6.92 Å². The van der Waals surface area contributed by atoms with Crippen molar-refractivity contribution in [3.05, 3.63) is 0 Å². The molecule has 2 atom stereocenters. The number of carboxylic acids is 1. The highest BCUT2D eigenvalue weighted by molar-refractivity contribution is 6.04. The lowest BCUT2D eigenvalue weighted by atomic mass is 9.99. The minimum Gasteiger partial charge on any atom is -0.481 e. The molecular formula is C12H17N3O5. The SMILES string of the molecule is CC1CN(C(=O)CN2C(=O)CN(C)C2=O)CC1C(=O)O. The van der Waals surface area contributed by atoms with E-state index in [0.29, 0.717) is 6.54 Å². The van der Waals surface area contributed by atoms with E-state index in [1.807, 2.05) is 0 Å². The predicted molar refractivity (Wildman–Crippen MR) is 66.6 cm³/mol. The highest BCUT2D eigenvalue weighted by Gasteiger charge is 2.40. The van der Waals surface area contributed by atoms with Crippen LogP contribution in [0.3, 0.4) is 0 Å². The van der Waals surface area contributed by atoms with Crippen LogP contribution in [0.25, 0.3) is 0 Å². The molecule has 0 saturated carbocycles. The number of aliphatic carboxylic acids is 1. The van der Waals surface area contributed by atoms with Gasteiger partial charge >= 0.3 is 12.0 Å². The molecule has 4 amide bonds. The van der Waals surface area contributed by atoms with Crippen molar-refractivity contribution in [1.82, 2.24) is 14.7 Å². The maximum atomic E-state index is 12.1. The van der Waals surface area contributed by atoms with Gasteiger partial charge in [0.15, 0.2) is 0 Å². The fourth-order valence-corrected chi connectivity index (χ4v) is 2.55. The third-order valence-electron chi connectivity index (χ3n) is 3.81. The number of rotatable bonds is 3. The second-order valence-electron chi connectivity index (χ2n) is 5.34. The second kappa shape index (κ2) is 5.10. The second-order valence-corrected chi connectivity index (χ2v) is 5.34. The van der Waals surface area contributed by atoms with E-state index >= 15 is 0 Å². The first kappa shape index (κ1) is 14.3. The van der Waals surface area contributed by atoms with Crippen LogP contribution in [0.5, 0.6) is 0 Å². The first-order valence-electron chi connectivity index (χ1n) is 6.37. The summed E-state index contributed by atoms with van der Waals surface area (Å²) >= 11 is 0. The van der Waals surface area contributed by atoms with E-state index in [1.165, 1.54) is 16.8 Å². The maximum Gasteiger partial charge on any atom is 0.327 e. The molecule has 0 radical (unpaired) electrons. The van der Waals surface area contributed by atoms with Gasteiger partial charge in [-0.15, -0.1) is 0 Å². The van der Waals surface area contributed by atoms with Crippen LogP contribution in [-0.4, -0.2) is 76.8 Å². The van der Waals surface area contributed by atoms with Crippen LogP contribution in [0.1, 0.15) is 6.92 Å². The Morgan fingerprint density at radius 2 is 1.95 bits per heavy atom. The molecule has 0 aromatic rings. The van der Waals surface area contributed by atoms with E-state index < -0.39 is 29.7 Å². The Morgan fingerprint density at radius 1 is 1.30 bits per heavy atom. The Labute approximate surface area is 115 Å². The molecule has 2 fully saturated rings. The van der Waals surface area contributed by atoms with Gasteiger partial charge in [-0.3, -0.25) is 19.3 Å². The van der Waals surface area contributed by atoms with Gasteiger partial charge in [-0.25, -0.2) is 4.79 Å². The quantitative estimate of drug-likeness (QED) is 0.674.